The number of hydrogen-bond acceptors (Lipinski definition) is 5. The standard InChI is InChI=1S/C15H19N5/c1-2-10-16-14-12-18-20-15(19-14)17-11-6-9-13-7-4-3-5-8-13/h2-5,7-8,12H,1,6,9-11H2,(H2,16,17,19,20). The van der Waals surface area contributed by atoms with Gasteiger partial charge in [0.2, 0.25) is 5.95 Å². The molecule has 0 aliphatic heterocycles. The number of aryl methyl sites for hydroxylation is 1. The Balaban J connectivity index is 1.75. The topological polar surface area (TPSA) is 62.7 Å². The molecule has 0 aliphatic carbocycles. The summed E-state index contributed by atoms with van der Waals surface area (Å²) >= 11 is 0. The Morgan fingerprint density at radius 3 is 2.80 bits per heavy atom. The van der Waals surface area contributed by atoms with E-state index in [-0.39, 0.29) is 0 Å². The van der Waals surface area contributed by atoms with Crippen LogP contribution >= 0.6 is 0 Å². The van der Waals surface area contributed by atoms with Crippen molar-refractivity contribution < 1.29 is 0 Å². The van der Waals surface area contributed by atoms with Gasteiger partial charge in [0.25, 0.3) is 0 Å². The number of anilines is 2. The predicted octanol–water partition coefficient (Wildman–Crippen LogP) is 2.51. The lowest BCUT2D eigenvalue weighted by Crippen LogP contribution is -2.09. The molecule has 0 amide bonds. The molecule has 0 aliphatic rings. The normalized spacial score (nSPS) is 10.0. The molecule has 5 heteroatoms. The number of benzene rings is 1. The van der Waals surface area contributed by atoms with Crippen LogP contribution in [-0.2, 0) is 6.42 Å². The minimum Gasteiger partial charge on any atom is -0.365 e. The van der Waals surface area contributed by atoms with E-state index in [4.69, 9.17) is 0 Å². The van der Waals surface area contributed by atoms with Crippen LogP contribution in [0.5, 0.6) is 0 Å². The van der Waals surface area contributed by atoms with Crippen molar-refractivity contribution in [2.24, 2.45) is 0 Å². The molecule has 0 atom stereocenters. The van der Waals surface area contributed by atoms with E-state index in [0.717, 1.165) is 19.4 Å². The van der Waals surface area contributed by atoms with Crippen LogP contribution in [0.25, 0.3) is 0 Å². The Kier molecular flexibility index (Phi) is 5.52. The highest BCUT2D eigenvalue weighted by Crippen LogP contribution is 2.05. The maximum atomic E-state index is 4.31. The van der Waals surface area contributed by atoms with Gasteiger partial charge in [-0.25, -0.2) is 0 Å². The summed E-state index contributed by atoms with van der Waals surface area (Å²) in [6, 6.07) is 10.4. The molecule has 0 radical (unpaired) electrons. The summed E-state index contributed by atoms with van der Waals surface area (Å²) < 4.78 is 0. The molecule has 0 fully saturated rings. The lowest BCUT2D eigenvalue weighted by atomic mass is 10.1. The molecule has 104 valence electrons. The van der Waals surface area contributed by atoms with E-state index < -0.39 is 0 Å². The van der Waals surface area contributed by atoms with Crippen LogP contribution in [-0.4, -0.2) is 28.3 Å². The summed E-state index contributed by atoms with van der Waals surface area (Å²) in [5, 5.41) is 14.1. The molecule has 20 heavy (non-hydrogen) atoms. The number of nitrogens with one attached hydrogen (secondary N) is 2. The number of aromatic nitrogens is 3. The van der Waals surface area contributed by atoms with Crippen LogP contribution in [0, 0.1) is 0 Å². The van der Waals surface area contributed by atoms with Gasteiger partial charge in [-0.15, -0.1) is 11.7 Å². The van der Waals surface area contributed by atoms with E-state index in [1.807, 2.05) is 6.07 Å². The summed E-state index contributed by atoms with van der Waals surface area (Å²) in [5.74, 6) is 1.25. The van der Waals surface area contributed by atoms with Gasteiger partial charge in [0.05, 0.1) is 6.20 Å². The fraction of sp³-hybridized carbons (Fsp3) is 0.267. The molecule has 5 nitrogen and oxygen atoms in total. The maximum absolute atomic E-state index is 4.31. The van der Waals surface area contributed by atoms with Crippen molar-refractivity contribution in [1.29, 1.82) is 0 Å². The van der Waals surface area contributed by atoms with E-state index in [2.05, 4.69) is 56.7 Å². The first-order valence-corrected chi connectivity index (χ1v) is 6.71. The predicted molar refractivity (Wildman–Crippen MR) is 81.8 cm³/mol. The third-order valence-electron chi connectivity index (χ3n) is 2.75. The first-order valence-electron chi connectivity index (χ1n) is 6.71. The van der Waals surface area contributed by atoms with E-state index >= 15 is 0 Å². The van der Waals surface area contributed by atoms with E-state index in [9.17, 15) is 0 Å². The van der Waals surface area contributed by atoms with Gasteiger partial charge in [-0.3, -0.25) is 0 Å². The molecule has 2 N–H and O–H groups in total. The molecule has 0 unspecified atom stereocenters. The molecule has 2 rings (SSSR count). The zero-order valence-electron chi connectivity index (χ0n) is 11.4. The monoisotopic (exact) mass is 269 g/mol. The van der Waals surface area contributed by atoms with Gasteiger partial charge in [-0.05, 0) is 18.4 Å². The Hall–Kier alpha value is -2.43. The van der Waals surface area contributed by atoms with Crippen molar-refractivity contribution >= 4 is 11.8 Å². The molecule has 1 aromatic heterocycles. The second kappa shape index (κ2) is 7.89. The van der Waals surface area contributed by atoms with E-state index in [1.54, 1.807) is 12.3 Å². The quantitative estimate of drug-likeness (QED) is 0.569. The van der Waals surface area contributed by atoms with Crippen molar-refractivity contribution in [2.45, 2.75) is 12.8 Å². The SMILES string of the molecule is C=CCNc1cnnc(NCCCc2ccccc2)n1. The molecular formula is C15H19N5. The van der Waals surface area contributed by atoms with Gasteiger partial charge in [-0.1, -0.05) is 36.4 Å². The second-order valence-corrected chi connectivity index (χ2v) is 4.35. The third-order valence-corrected chi connectivity index (χ3v) is 2.75. The first-order chi connectivity index (χ1) is 9.88. The fourth-order valence-corrected chi connectivity index (χ4v) is 1.78. The molecule has 0 bridgehead atoms. The fourth-order valence-electron chi connectivity index (χ4n) is 1.78. The van der Waals surface area contributed by atoms with E-state index in [0.29, 0.717) is 18.3 Å². The Bertz CT molecular complexity index is 527. The summed E-state index contributed by atoms with van der Waals surface area (Å²) in [7, 11) is 0. The van der Waals surface area contributed by atoms with Gasteiger partial charge < -0.3 is 10.6 Å². The van der Waals surface area contributed by atoms with Crippen molar-refractivity contribution in [2.75, 3.05) is 23.7 Å². The molecule has 1 aromatic carbocycles. The van der Waals surface area contributed by atoms with Gasteiger partial charge in [0, 0.05) is 13.1 Å². The molecular weight excluding hydrogens is 250 g/mol. The summed E-state index contributed by atoms with van der Waals surface area (Å²) in [4.78, 5) is 4.31. The summed E-state index contributed by atoms with van der Waals surface area (Å²) in [6.45, 7) is 5.13. The minimum atomic E-state index is 0.548. The highest BCUT2D eigenvalue weighted by Gasteiger charge is 1.99. The van der Waals surface area contributed by atoms with Crippen LogP contribution in [0.2, 0.25) is 0 Å². The Morgan fingerprint density at radius 1 is 1.15 bits per heavy atom. The minimum absolute atomic E-state index is 0.548. The molecule has 0 saturated heterocycles. The number of hydrogen-bond donors (Lipinski definition) is 2. The lowest BCUT2D eigenvalue weighted by Gasteiger charge is -2.06. The highest BCUT2D eigenvalue weighted by atomic mass is 15.3. The second-order valence-electron chi connectivity index (χ2n) is 4.35. The first kappa shape index (κ1) is 14.0. The molecule has 0 spiro atoms. The van der Waals surface area contributed by atoms with Gasteiger partial charge in [-0.2, -0.15) is 10.1 Å². The average molecular weight is 269 g/mol. The maximum Gasteiger partial charge on any atom is 0.244 e. The molecule has 1 heterocycles. The zero-order valence-corrected chi connectivity index (χ0v) is 11.4. The number of nitrogens with zero attached hydrogens (tertiary/aromatic N) is 3. The Morgan fingerprint density at radius 2 is 2.00 bits per heavy atom. The highest BCUT2D eigenvalue weighted by molar-refractivity contribution is 5.37. The van der Waals surface area contributed by atoms with Crippen LogP contribution in [0.1, 0.15) is 12.0 Å². The zero-order chi connectivity index (χ0) is 14.0. The average Bonchev–Trinajstić information content (AvgIpc) is 2.51. The van der Waals surface area contributed by atoms with Crippen LogP contribution in [0.3, 0.4) is 0 Å². The number of rotatable bonds is 8. The van der Waals surface area contributed by atoms with Crippen LogP contribution < -0.4 is 10.6 Å². The lowest BCUT2D eigenvalue weighted by molar-refractivity contribution is 0.842. The molecule has 2 aromatic rings. The van der Waals surface area contributed by atoms with Crippen molar-refractivity contribution in [3.63, 3.8) is 0 Å². The smallest absolute Gasteiger partial charge is 0.244 e. The summed E-state index contributed by atoms with van der Waals surface area (Å²) in [6.07, 6.45) is 5.43. The van der Waals surface area contributed by atoms with E-state index in [1.165, 1.54) is 5.56 Å². The van der Waals surface area contributed by atoms with Gasteiger partial charge in [0.1, 0.15) is 0 Å². The summed E-state index contributed by atoms with van der Waals surface area (Å²) in [5.41, 5.74) is 1.34. The van der Waals surface area contributed by atoms with Crippen molar-refractivity contribution in [3.8, 4) is 0 Å². The van der Waals surface area contributed by atoms with Crippen LogP contribution in [0.15, 0.2) is 49.2 Å². The van der Waals surface area contributed by atoms with Crippen LogP contribution in [0.4, 0.5) is 11.8 Å². The Labute approximate surface area is 119 Å². The van der Waals surface area contributed by atoms with Crippen molar-refractivity contribution in [3.05, 3.63) is 54.7 Å². The van der Waals surface area contributed by atoms with Crippen molar-refractivity contribution in [1.82, 2.24) is 15.2 Å². The van der Waals surface area contributed by atoms with Gasteiger partial charge in [0.15, 0.2) is 5.82 Å². The third kappa shape index (κ3) is 4.68. The molecule has 0 saturated carbocycles. The largest absolute Gasteiger partial charge is 0.365 e. The van der Waals surface area contributed by atoms with Gasteiger partial charge >= 0.3 is 0 Å².